The molecular weight excluding hydrogens is 472 g/mol. The van der Waals surface area contributed by atoms with Crippen molar-refractivity contribution in [2.75, 3.05) is 5.75 Å². The zero-order valence-electron chi connectivity index (χ0n) is 10.6. The lowest BCUT2D eigenvalue weighted by Crippen LogP contribution is -2.34. The van der Waals surface area contributed by atoms with E-state index < -0.39 is 41.6 Å². The van der Waals surface area contributed by atoms with Gasteiger partial charge in [-0.15, -0.1) is 0 Å². The number of carboxylic acids is 1. The van der Waals surface area contributed by atoms with Crippen LogP contribution in [0, 0.1) is 17.3 Å². The Hall–Kier alpha value is 0.820. The van der Waals surface area contributed by atoms with Crippen molar-refractivity contribution >= 4 is 63.9 Å². The van der Waals surface area contributed by atoms with Crippen molar-refractivity contribution in [3.63, 3.8) is 0 Å². The normalized spacial score (nSPS) is 27.9. The average Bonchev–Trinajstić information content (AvgIpc) is 2.76. The monoisotopic (exact) mass is 484 g/mol. The van der Waals surface area contributed by atoms with Gasteiger partial charge in [-0.25, -0.2) is 0 Å². The maximum Gasteiger partial charge on any atom is 0.307 e. The quantitative estimate of drug-likeness (QED) is 0.477. The summed E-state index contributed by atoms with van der Waals surface area (Å²) >= 11 is 9.74. The number of carbonyl (C=O) groups is 1. The molecule has 1 saturated carbocycles. The molecule has 112 valence electrons. The van der Waals surface area contributed by atoms with Gasteiger partial charge in [-0.1, -0.05) is 61.6 Å². The molecule has 0 aromatic rings. The number of alkyl halides is 3. The lowest BCUT2D eigenvalue weighted by molar-refractivity contribution is -0.139. The van der Waals surface area contributed by atoms with Crippen molar-refractivity contribution in [1.82, 2.24) is 0 Å². The van der Waals surface area contributed by atoms with Crippen molar-refractivity contribution in [2.24, 2.45) is 17.3 Å². The summed E-state index contributed by atoms with van der Waals surface area (Å²) in [7, 11) is -3.69. The maximum absolute atomic E-state index is 11.6. The zero-order chi connectivity index (χ0) is 15.2. The second-order valence-electron chi connectivity index (χ2n) is 5.07. The number of hydrogen-bond donors (Lipinski definition) is 1. The van der Waals surface area contributed by atoms with Gasteiger partial charge in [0.05, 0.1) is 11.7 Å². The Balaban J connectivity index is 3.06. The topological polar surface area (TPSA) is 80.7 Å². The van der Waals surface area contributed by atoms with Gasteiger partial charge in [0.15, 0.2) is 2.14 Å². The van der Waals surface area contributed by atoms with Crippen LogP contribution in [-0.2, 0) is 19.1 Å². The van der Waals surface area contributed by atoms with E-state index in [4.69, 9.17) is 4.18 Å². The summed E-state index contributed by atoms with van der Waals surface area (Å²) in [6.45, 7) is 5.03. The van der Waals surface area contributed by atoms with Gasteiger partial charge in [0.1, 0.15) is 6.10 Å². The van der Waals surface area contributed by atoms with E-state index in [1.165, 1.54) is 6.92 Å². The highest BCUT2D eigenvalue weighted by Gasteiger charge is 2.68. The molecule has 0 aromatic carbocycles. The van der Waals surface area contributed by atoms with Crippen molar-refractivity contribution in [3.8, 4) is 0 Å². The first kappa shape index (κ1) is 17.9. The highest BCUT2D eigenvalue weighted by atomic mass is 80.0. The summed E-state index contributed by atoms with van der Waals surface area (Å²) in [4.78, 5) is 11.2. The third-order valence-electron chi connectivity index (χ3n) is 3.43. The molecule has 3 unspecified atom stereocenters. The fourth-order valence-corrected chi connectivity index (χ4v) is 4.48. The van der Waals surface area contributed by atoms with Gasteiger partial charge in [-0.3, -0.25) is 8.98 Å². The number of hydrogen-bond acceptors (Lipinski definition) is 4. The van der Waals surface area contributed by atoms with Crippen LogP contribution >= 0.6 is 47.8 Å². The Morgan fingerprint density at radius 2 is 1.89 bits per heavy atom. The maximum atomic E-state index is 11.6. The first-order valence-electron chi connectivity index (χ1n) is 5.55. The largest absolute Gasteiger partial charge is 0.481 e. The molecular formula is C10H15Br3O5S. The van der Waals surface area contributed by atoms with Crippen LogP contribution in [0.1, 0.15) is 20.8 Å². The molecule has 0 bridgehead atoms. The molecule has 0 saturated heterocycles. The third-order valence-corrected chi connectivity index (χ3v) is 5.99. The number of halogens is 3. The van der Waals surface area contributed by atoms with Crippen LogP contribution in [0.15, 0.2) is 0 Å². The predicted molar refractivity (Wildman–Crippen MR) is 82.2 cm³/mol. The molecule has 3 atom stereocenters. The minimum atomic E-state index is -3.69. The van der Waals surface area contributed by atoms with Gasteiger partial charge in [0.2, 0.25) is 0 Å². The zero-order valence-corrected chi connectivity index (χ0v) is 16.1. The fraction of sp³-hybridized carbons (Fsp3) is 0.900. The van der Waals surface area contributed by atoms with Gasteiger partial charge in [0, 0.05) is 5.92 Å². The van der Waals surface area contributed by atoms with Gasteiger partial charge in [-0.05, 0) is 12.3 Å². The molecule has 0 aliphatic heterocycles. The summed E-state index contributed by atoms with van der Waals surface area (Å²) in [6, 6.07) is 0. The smallest absolute Gasteiger partial charge is 0.307 e. The summed E-state index contributed by atoms with van der Waals surface area (Å²) in [5.74, 6) is -2.19. The van der Waals surface area contributed by atoms with Crippen molar-refractivity contribution in [1.29, 1.82) is 0 Å². The number of rotatable bonds is 5. The van der Waals surface area contributed by atoms with E-state index in [-0.39, 0.29) is 5.75 Å². The van der Waals surface area contributed by atoms with E-state index in [0.29, 0.717) is 0 Å². The van der Waals surface area contributed by atoms with E-state index in [9.17, 15) is 18.3 Å². The third kappa shape index (κ3) is 3.93. The van der Waals surface area contributed by atoms with E-state index in [1.807, 2.05) is 0 Å². The van der Waals surface area contributed by atoms with Crippen LogP contribution < -0.4 is 0 Å². The van der Waals surface area contributed by atoms with Crippen LogP contribution in [0.5, 0.6) is 0 Å². The molecule has 1 fully saturated rings. The molecule has 0 aromatic heterocycles. The van der Waals surface area contributed by atoms with E-state index in [1.54, 1.807) is 13.8 Å². The highest BCUT2D eigenvalue weighted by Crippen LogP contribution is 2.64. The van der Waals surface area contributed by atoms with Crippen molar-refractivity contribution in [2.45, 2.75) is 29.0 Å². The number of aliphatic carboxylic acids is 1. The van der Waals surface area contributed by atoms with Crippen molar-refractivity contribution < 1.29 is 22.5 Å². The SMILES string of the molecule is CCS(=O)(=O)OC(C1C(C(=O)O)C1(C)C)C(Br)(Br)Br. The Labute approximate surface area is 138 Å². The second-order valence-corrected chi connectivity index (χ2v) is 13.9. The van der Waals surface area contributed by atoms with E-state index in [0.717, 1.165) is 0 Å². The first-order chi connectivity index (χ1) is 8.34. The van der Waals surface area contributed by atoms with Crippen LogP contribution in [0.2, 0.25) is 0 Å². The minimum absolute atomic E-state index is 0.169. The van der Waals surface area contributed by atoms with E-state index >= 15 is 0 Å². The molecule has 1 aliphatic rings. The minimum Gasteiger partial charge on any atom is -0.481 e. The van der Waals surface area contributed by atoms with Crippen LogP contribution in [-0.4, -0.2) is 33.5 Å². The van der Waals surface area contributed by atoms with Gasteiger partial charge < -0.3 is 5.11 Å². The number of carboxylic acid groups (broad SMARTS) is 1. The molecule has 1 N–H and O–H groups in total. The molecule has 5 nitrogen and oxygen atoms in total. The molecule has 0 spiro atoms. The Morgan fingerprint density at radius 1 is 1.42 bits per heavy atom. The summed E-state index contributed by atoms with van der Waals surface area (Å²) in [5.41, 5.74) is -0.527. The van der Waals surface area contributed by atoms with Gasteiger partial charge in [-0.2, -0.15) is 8.42 Å². The molecule has 0 amide bonds. The van der Waals surface area contributed by atoms with Crippen molar-refractivity contribution in [3.05, 3.63) is 0 Å². The Bertz CT molecular complexity index is 468. The van der Waals surface area contributed by atoms with Gasteiger partial charge >= 0.3 is 5.97 Å². The standard InChI is InChI=1S/C10H15Br3O5S/c1-4-19(16,17)18-7(10(11,12)13)5-6(8(14)15)9(5,2)3/h5-7H,4H2,1-3H3,(H,14,15). The average molecular weight is 487 g/mol. The Morgan fingerprint density at radius 3 is 2.16 bits per heavy atom. The second kappa shape index (κ2) is 5.55. The first-order valence-corrected chi connectivity index (χ1v) is 9.50. The summed E-state index contributed by atoms with van der Waals surface area (Å²) < 4.78 is 27.4. The van der Waals surface area contributed by atoms with Crippen LogP contribution in [0.4, 0.5) is 0 Å². The summed E-state index contributed by atoms with van der Waals surface area (Å²) in [5, 5.41) is 9.18. The van der Waals surface area contributed by atoms with Gasteiger partial charge in [0.25, 0.3) is 10.1 Å². The molecule has 0 radical (unpaired) electrons. The molecule has 0 heterocycles. The molecule has 1 aliphatic carbocycles. The molecule has 19 heavy (non-hydrogen) atoms. The fourth-order valence-electron chi connectivity index (χ4n) is 2.26. The highest BCUT2D eigenvalue weighted by molar-refractivity contribution is 9.39. The van der Waals surface area contributed by atoms with Crippen LogP contribution in [0.3, 0.4) is 0 Å². The molecule has 9 heteroatoms. The molecule has 1 rings (SSSR count). The van der Waals surface area contributed by atoms with E-state index in [2.05, 4.69) is 47.8 Å². The summed E-state index contributed by atoms with van der Waals surface area (Å²) in [6.07, 6.45) is -0.867. The lowest BCUT2D eigenvalue weighted by Gasteiger charge is -2.26. The Kier molecular flexibility index (Phi) is 5.22. The lowest BCUT2D eigenvalue weighted by atomic mass is 10.1. The predicted octanol–water partition coefficient (Wildman–Crippen LogP) is 2.92. The van der Waals surface area contributed by atoms with Crippen LogP contribution in [0.25, 0.3) is 0 Å².